The van der Waals surface area contributed by atoms with Crippen molar-refractivity contribution in [3.63, 3.8) is 0 Å². The van der Waals surface area contributed by atoms with E-state index in [1.807, 2.05) is 0 Å². The fraction of sp³-hybridized carbons (Fsp3) is 0. The van der Waals surface area contributed by atoms with E-state index in [-0.39, 0.29) is 56.9 Å². The molecule has 0 saturated carbocycles. The Balaban J connectivity index is 0.00000128. The first kappa shape index (κ1) is 14.4. The predicted molar refractivity (Wildman–Crippen MR) is 66.1 cm³/mol. The number of hydrogen-bond donors (Lipinski definition) is 1. The molecule has 1 radical (unpaired) electrons. The van der Waals surface area contributed by atoms with E-state index in [0.717, 1.165) is 5.56 Å². The van der Waals surface area contributed by atoms with E-state index in [0.29, 0.717) is 15.7 Å². The summed E-state index contributed by atoms with van der Waals surface area (Å²) in [6.45, 7) is 0. The van der Waals surface area contributed by atoms with Crippen molar-refractivity contribution in [2.45, 2.75) is 0 Å². The Morgan fingerprint density at radius 3 is 2.38 bits per heavy atom. The number of benzene rings is 1. The number of rotatable bonds is 1. The second-order valence-electron chi connectivity index (χ2n) is 2.94. The molecule has 0 atom stereocenters. The standard InChI is InChI=1S/C10H6Cl2N2O.K/c11-7-2-1-6(5-8(7)12)9-3-4-10(15)14-13-9;/h1-5H,(H,14,15);. The van der Waals surface area contributed by atoms with E-state index in [9.17, 15) is 4.79 Å². The van der Waals surface area contributed by atoms with Gasteiger partial charge in [-0.15, -0.1) is 0 Å². The zero-order chi connectivity index (χ0) is 10.8. The van der Waals surface area contributed by atoms with Gasteiger partial charge in [-0.3, -0.25) is 4.79 Å². The van der Waals surface area contributed by atoms with Crippen LogP contribution in [0.5, 0.6) is 0 Å². The van der Waals surface area contributed by atoms with Crippen molar-refractivity contribution in [1.82, 2.24) is 10.2 Å². The molecule has 0 bridgehead atoms. The Hall–Kier alpha value is 0.316. The van der Waals surface area contributed by atoms with Crippen LogP contribution < -0.4 is 5.56 Å². The van der Waals surface area contributed by atoms with Gasteiger partial charge in [-0.2, -0.15) is 5.10 Å². The summed E-state index contributed by atoms with van der Waals surface area (Å²) >= 11 is 11.6. The molecule has 2 aromatic rings. The second-order valence-corrected chi connectivity index (χ2v) is 3.75. The Kier molecular flexibility index (Phi) is 5.66. The molecule has 0 spiro atoms. The zero-order valence-electron chi connectivity index (χ0n) is 8.50. The third-order valence-corrected chi connectivity index (χ3v) is 2.63. The molecule has 1 aromatic heterocycles. The summed E-state index contributed by atoms with van der Waals surface area (Å²) in [6, 6.07) is 8.20. The SMILES string of the molecule is O=c1ccc(-c2ccc(Cl)c(Cl)c2)n[nH]1.[K]. The monoisotopic (exact) mass is 279 g/mol. The number of aromatic nitrogens is 2. The van der Waals surface area contributed by atoms with Crippen LogP contribution in [0.25, 0.3) is 11.3 Å². The smallest absolute Gasteiger partial charge is 0.264 e. The zero-order valence-corrected chi connectivity index (χ0v) is 13.1. The van der Waals surface area contributed by atoms with Crippen LogP contribution in [0.15, 0.2) is 35.1 Å². The summed E-state index contributed by atoms with van der Waals surface area (Å²) in [5.74, 6) is 0. The van der Waals surface area contributed by atoms with Crippen LogP contribution in [0, 0.1) is 0 Å². The third-order valence-electron chi connectivity index (χ3n) is 1.89. The quantitative estimate of drug-likeness (QED) is 0.815. The average molecular weight is 280 g/mol. The maximum atomic E-state index is 10.8. The molecule has 77 valence electrons. The van der Waals surface area contributed by atoms with Crippen molar-refractivity contribution in [2.24, 2.45) is 0 Å². The number of hydrogen-bond acceptors (Lipinski definition) is 2. The molecule has 2 rings (SSSR count). The third kappa shape index (κ3) is 3.40. The van der Waals surface area contributed by atoms with Crippen molar-refractivity contribution in [3.8, 4) is 11.3 Å². The molecule has 0 aliphatic rings. The molecule has 1 aromatic carbocycles. The van der Waals surface area contributed by atoms with Crippen molar-refractivity contribution in [2.75, 3.05) is 0 Å². The summed E-state index contributed by atoms with van der Waals surface area (Å²) in [4.78, 5) is 10.8. The molecule has 0 aliphatic heterocycles. The summed E-state index contributed by atoms with van der Waals surface area (Å²) in [5, 5.41) is 7.18. The minimum atomic E-state index is -0.237. The predicted octanol–water partition coefficient (Wildman–Crippen LogP) is 2.36. The molecule has 0 unspecified atom stereocenters. The van der Waals surface area contributed by atoms with E-state index < -0.39 is 0 Å². The number of nitrogens with one attached hydrogen (secondary N) is 1. The van der Waals surface area contributed by atoms with Gasteiger partial charge in [0.25, 0.3) is 5.56 Å². The van der Waals surface area contributed by atoms with Crippen molar-refractivity contribution in [1.29, 1.82) is 0 Å². The van der Waals surface area contributed by atoms with Gasteiger partial charge in [0.1, 0.15) is 0 Å². The van der Waals surface area contributed by atoms with Gasteiger partial charge in [-0.1, -0.05) is 29.3 Å². The van der Waals surface area contributed by atoms with E-state index in [1.165, 1.54) is 6.07 Å². The largest absolute Gasteiger partial charge is 0.268 e. The average Bonchev–Trinajstić information content (AvgIpc) is 2.23. The van der Waals surface area contributed by atoms with Crippen LogP contribution in [0.4, 0.5) is 0 Å². The van der Waals surface area contributed by atoms with Gasteiger partial charge in [0, 0.05) is 63.0 Å². The summed E-state index contributed by atoms with van der Waals surface area (Å²) in [7, 11) is 0. The summed E-state index contributed by atoms with van der Waals surface area (Å²) < 4.78 is 0. The van der Waals surface area contributed by atoms with Gasteiger partial charge in [0.05, 0.1) is 15.7 Å². The normalized spacial score (nSPS) is 9.62. The van der Waals surface area contributed by atoms with E-state index in [4.69, 9.17) is 23.2 Å². The number of H-pyrrole nitrogens is 1. The molecule has 1 heterocycles. The van der Waals surface area contributed by atoms with Gasteiger partial charge in [0.15, 0.2) is 0 Å². The molecule has 16 heavy (non-hydrogen) atoms. The topological polar surface area (TPSA) is 45.8 Å². The molecule has 0 saturated heterocycles. The van der Waals surface area contributed by atoms with Gasteiger partial charge in [-0.05, 0) is 18.2 Å². The van der Waals surface area contributed by atoms with E-state index in [2.05, 4.69) is 10.2 Å². The van der Waals surface area contributed by atoms with Crippen LogP contribution in [-0.2, 0) is 0 Å². The Labute approximate surface area is 145 Å². The number of halogens is 2. The number of nitrogens with zero attached hydrogens (tertiary/aromatic N) is 1. The van der Waals surface area contributed by atoms with Crippen LogP contribution in [-0.4, -0.2) is 61.6 Å². The summed E-state index contributed by atoms with van der Waals surface area (Å²) in [6.07, 6.45) is 0. The molecule has 0 aliphatic carbocycles. The van der Waals surface area contributed by atoms with Crippen LogP contribution in [0.3, 0.4) is 0 Å². The van der Waals surface area contributed by atoms with Gasteiger partial charge >= 0.3 is 0 Å². The molecule has 6 heteroatoms. The first-order valence-corrected chi connectivity index (χ1v) is 4.93. The maximum absolute atomic E-state index is 10.8. The molecule has 0 amide bonds. The number of aromatic amines is 1. The first-order valence-electron chi connectivity index (χ1n) is 4.18. The molecule has 0 fully saturated rings. The maximum Gasteiger partial charge on any atom is 0.264 e. The Morgan fingerprint density at radius 2 is 1.81 bits per heavy atom. The van der Waals surface area contributed by atoms with Crippen molar-refractivity contribution in [3.05, 3.63) is 50.7 Å². The van der Waals surface area contributed by atoms with Crippen LogP contribution >= 0.6 is 23.2 Å². The van der Waals surface area contributed by atoms with Gasteiger partial charge < -0.3 is 0 Å². The van der Waals surface area contributed by atoms with Crippen LogP contribution in [0.2, 0.25) is 10.0 Å². The van der Waals surface area contributed by atoms with Crippen molar-refractivity contribution >= 4 is 74.6 Å². The van der Waals surface area contributed by atoms with Crippen molar-refractivity contribution < 1.29 is 0 Å². The Morgan fingerprint density at radius 1 is 1.06 bits per heavy atom. The molecule has 1 N–H and O–H groups in total. The van der Waals surface area contributed by atoms with Crippen LogP contribution in [0.1, 0.15) is 0 Å². The van der Waals surface area contributed by atoms with E-state index in [1.54, 1.807) is 24.3 Å². The molecular formula is C10H6Cl2KN2O. The fourth-order valence-electron chi connectivity index (χ4n) is 1.16. The Bertz CT molecular complexity index is 536. The molecular weight excluding hydrogens is 274 g/mol. The van der Waals surface area contributed by atoms with E-state index >= 15 is 0 Å². The summed E-state index contributed by atoms with van der Waals surface area (Å²) in [5.41, 5.74) is 1.22. The second kappa shape index (κ2) is 6.30. The fourth-order valence-corrected chi connectivity index (χ4v) is 1.46. The first-order chi connectivity index (χ1) is 7.16. The van der Waals surface area contributed by atoms with Gasteiger partial charge in [0.2, 0.25) is 0 Å². The minimum Gasteiger partial charge on any atom is -0.268 e. The molecule has 3 nitrogen and oxygen atoms in total. The minimum absolute atomic E-state index is 0. The van der Waals surface area contributed by atoms with Gasteiger partial charge in [-0.25, -0.2) is 5.10 Å².